The second kappa shape index (κ2) is 6.63. The molecule has 1 fully saturated rings. The molecule has 5 rings (SSSR count). The zero-order valence-corrected chi connectivity index (χ0v) is 16.1. The van der Waals surface area contributed by atoms with E-state index in [4.69, 9.17) is 4.74 Å². The van der Waals surface area contributed by atoms with Gasteiger partial charge >= 0.3 is 0 Å². The van der Waals surface area contributed by atoms with Gasteiger partial charge in [-0.2, -0.15) is 0 Å². The molecule has 0 bridgehead atoms. The van der Waals surface area contributed by atoms with Crippen LogP contribution in [-0.2, 0) is 10.0 Å². The Hall–Kier alpha value is -2.86. The van der Waals surface area contributed by atoms with Crippen LogP contribution in [0.2, 0.25) is 0 Å². The topological polar surface area (TPSA) is 59.0 Å². The number of benzene rings is 2. The molecule has 0 amide bonds. The summed E-state index contributed by atoms with van der Waals surface area (Å²) in [5.74, 6) is 2.81. The summed E-state index contributed by atoms with van der Waals surface area (Å²) in [6, 6.07) is 15.9. The van der Waals surface area contributed by atoms with Crippen LogP contribution in [0, 0.1) is 0 Å². The quantitative estimate of drug-likeness (QED) is 0.778. The minimum atomic E-state index is -3.40. The largest absolute Gasteiger partial charge is 0.457 e. The van der Waals surface area contributed by atoms with Gasteiger partial charge in [-0.05, 0) is 66.3 Å². The molecule has 5 nitrogen and oxygen atoms in total. The first-order chi connectivity index (χ1) is 13.6. The summed E-state index contributed by atoms with van der Waals surface area (Å²) in [6.45, 7) is 0.424. The van der Waals surface area contributed by atoms with E-state index in [0.717, 1.165) is 28.6 Å². The molecule has 0 radical (unpaired) electrons. The normalized spacial score (nSPS) is 20.2. The zero-order chi connectivity index (χ0) is 19.1. The Morgan fingerprint density at radius 3 is 2.32 bits per heavy atom. The van der Waals surface area contributed by atoms with Crippen LogP contribution in [0.4, 0.5) is 0 Å². The van der Waals surface area contributed by atoms with Crippen molar-refractivity contribution in [2.24, 2.45) is 4.40 Å². The minimum Gasteiger partial charge on any atom is -0.457 e. The molecule has 0 aromatic heterocycles. The monoisotopic (exact) mass is 392 g/mol. The Kier molecular flexibility index (Phi) is 4.09. The summed E-state index contributed by atoms with van der Waals surface area (Å²) < 4.78 is 33.8. The maximum atomic E-state index is 11.9. The molecule has 2 aliphatic heterocycles. The summed E-state index contributed by atoms with van der Waals surface area (Å²) in [5.41, 5.74) is 3.08. The highest BCUT2D eigenvalue weighted by Gasteiger charge is 2.27. The van der Waals surface area contributed by atoms with Crippen molar-refractivity contribution in [1.29, 1.82) is 0 Å². The number of sulfonamides is 1. The van der Waals surface area contributed by atoms with E-state index in [0.29, 0.717) is 12.4 Å². The number of allylic oxidation sites excluding steroid dienone is 2. The molecular formula is C22H20N2O3S. The van der Waals surface area contributed by atoms with Gasteiger partial charge in [-0.25, -0.2) is 8.42 Å². The van der Waals surface area contributed by atoms with Gasteiger partial charge in [0.2, 0.25) is 0 Å². The summed E-state index contributed by atoms with van der Waals surface area (Å²) in [7, 11) is -3.40. The molecule has 0 saturated heterocycles. The van der Waals surface area contributed by atoms with Crippen molar-refractivity contribution in [2.75, 3.05) is 12.3 Å². The lowest BCUT2D eigenvalue weighted by Crippen LogP contribution is -2.37. The molecular weight excluding hydrogens is 372 g/mol. The summed E-state index contributed by atoms with van der Waals surface area (Å²) in [4.78, 5) is 1.88. The van der Waals surface area contributed by atoms with E-state index in [9.17, 15) is 8.42 Å². The number of nitrogens with zero attached hydrogens (tertiary/aromatic N) is 2. The van der Waals surface area contributed by atoms with Gasteiger partial charge in [0.05, 0.1) is 5.75 Å². The lowest BCUT2D eigenvalue weighted by Gasteiger charge is -2.29. The van der Waals surface area contributed by atoms with E-state index in [-0.39, 0.29) is 5.75 Å². The van der Waals surface area contributed by atoms with E-state index < -0.39 is 10.0 Å². The van der Waals surface area contributed by atoms with Gasteiger partial charge in [0.25, 0.3) is 10.0 Å². The smallest absolute Gasteiger partial charge is 0.256 e. The first-order valence-electron chi connectivity index (χ1n) is 9.44. The van der Waals surface area contributed by atoms with Gasteiger partial charge in [-0.15, -0.1) is 4.40 Å². The van der Waals surface area contributed by atoms with Gasteiger partial charge in [-0.3, -0.25) is 0 Å². The fraction of sp³-hybridized carbons (Fsp3) is 0.227. The molecule has 3 aliphatic rings. The number of rotatable bonds is 4. The Morgan fingerprint density at radius 1 is 0.964 bits per heavy atom. The third-order valence-corrected chi connectivity index (χ3v) is 6.34. The van der Waals surface area contributed by atoms with Crippen molar-refractivity contribution < 1.29 is 13.2 Å². The third kappa shape index (κ3) is 3.47. The molecule has 2 heterocycles. The Balaban J connectivity index is 1.36. The van der Waals surface area contributed by atoms with Crippen LogP contribution in [0.3, 0.4) is 0 Å². The predicted molar refractivity (Wildman–Crippen MR) is 110 cm³/mol. The van der Waals surface area contributed by atoms with Crippen LogP contribution in [0.25, 0.3) is 5.57 Å². The fourth-order valence-electron chi connectivity index (χ4n) is 3.50. The number of amidine groups is 1. The lowest BCUT2D eigenvalue weighted by molar-refractivity contribution is 0.482. The van der Waals surface area contributed by atoms with Gasteiger partial charge in [0.1, 0.15) is 11.5 Å². The standard InChI is InChI=1S/C22H20N2O3S/c25-28(26)15-14-24-13-1-2-21(22(24)23-28)18-7-11-20(12-8-18)27-19-9-5-17(6-10-19)16-3-4-16/h1-2,5-13,16H,3-4,14-15H2. The molecule has 0 spiro atoms. The first-order valence-corrected chi connectivity index (χ1v) is 11.0. The third-order valence-electron chi connectivity index (χ3n) is 5.19. The number of hydrogen-bond acceptors (Lipinski definition) is 4. The Bertz CT molecular complexity index is 1090. The van der Waals surface area contributed by atoms with Crippen LogP contribution >= 0.6 is 0 Å². The molecule has 1 aliphatic carbocycles. The van der Waals surface area contributed by atoms with Crippen molar-refractivity contribution in [3.8, 4) is 11.5 Å². The van der Waals surface area contributed by atoms with Crippen LogP contribution < -0.4 is 4.74 Å². The van der Waals surface area contributed by atoms with Gasteiger partial charge in [0, 0.05) is 18.3 Å². The highest BCUT2D eigenvalue weighted by molar-refractivity contribution is 7.90. The minimum absolute atomic E-state index is 0.0421. The SMILES string of the molecule is O=S1(=O)CCN2C=CC=C(c3ccc(Oc4ccc(C5CC5)cc4)cc3)C2=N1. The second-order valence-electron chi connectivity index (χ2n) is 7.29. The number of ether oxygens (including phenoxy) is 1. The van der Waals surface area contributed by atoms with E-state index in [1.165, 1.54) is 18.4 Å². The summed E-state index contributed by atoms with van der Waals surface area (Å²) >= 11 is 0. The molecule has 1 saturated carbocycles. The molecule has 0 unspecified atom stereocenters. The first kappa shape index (κ1) is 17.3. The summed E-state index contributed by atoms with van der Waals surface area (Å²) in [6.07, 6.45) is 8.24. The molecule has 142 valence electrons. The average molecular weight is 392 g/mol. The average Bonchev–Trinajstić information content (AvgIpc) is 3.54. The lowest BCUT2D eigenvalue weighted by atomic mass is 10.0. The van der Waals surface area contributed by atoms with Gasteiger partial charge in [-0.1, -0.05) is 24.3 Å². The summed E-state index contributed by atoms with van der Waals surface area (Å²) in [5, 5.41) is 0. The van der Waals surface area contributed by atoms with Crippen LogP contribution in [-0.4, -0.2) is 31.5 Å². The molecule has 0 atom stereocenters. The van der Waals surface area contributed by atoms with Crippen molar-refractivity contribution in [1.82, 2.24) is 4.90 Å². The highest BCUT2D eigenvalue weighted by atomic mass is 32.2. The van der Waals surface area contributed by atoms with Gasteiger partial charge < -0.3 is 9.64 Å². The van der Waals surface area contributed by atoms with Crippen LogP contribution in [0.15, 0.2) is 71.3 Å². The van der Waals surface area contributed by atoms with E-state index in [1.807, 2.05) is 59.7 Å². The molecule has 6 heteroatoms. The zero-order valence-electron chi connectivity index (χ0n) is 15.3. The van der Waals surface area contributed by atoms with Crippen LogP contribution in [0.5, 0.6) is 11.5 Å². The number of hydrogen-bond donors (Lipinski definition) is 0. The van der Waals surface area contributed by atoms with E-state index in [1.54, 1.807) is 0 Å². The van der Waals surface area contributed by atoms with Crippen molar-refractivity contribution >= 4 is 21.4 Å². The molecule has 2 aromatic rings. The molecule has 0 N–H and O–H groups in total. The predicted octanol–water partition coefficient (Wildman–Crippen LogP) is 4.31. The van der Waals surface area contributed by atoms with Crippen molar-refractivity contribution in [3.05, 3.63) is 78.0 Å². The van der Waals surface area contributed by atoms with Crippen LogP contribution in [0.1, 0.15) is 29.9 Å². The van der Waals surface area contributed by atoms with E-state index in [2.05, 4.69) is 16.5 Å². The fourth-order valence-corrected chi connectivity index (χ4v) is 4.49. The molecule has 28 heavy (non-hydrogen) atoms. The van der Waals surface area contributed by atoms with Crippen molar-refractivity contribution in [2.45, 2.75) is 18.8 Å². The molecule has 2 aromatic carbocycles. The highest BCUT2D eigenvalue weighted by Crippen LogP contribution is 2.40. The Morgan fingerprint density at radius 2 is 1.64 bits per heavy atom. The maximum Gasteiger partial charge on any atom is 0.256 e. The van der Waals surface area contributed by atoms with Crippen molar-refractivity contribution in [3.63, 3.8) is 0 Å². The number of fused-ring (bicyclic) bond motifs is 1. The van der Waals surface area contributed by atoms with Gasteiger partial charge in [0.15, 0.2) is 5.84 Å². The maximum absolute atomic E-state index is 11.9. The van der Waals surface area contributed by atoms with E-state index >= 15 is 0 Å². The second-order valence-corrected chi connectivity index (χ2v) is 9.04. The Labute approximate surface area is 164 Å².